The molecule has 0 bridgehead atoms. The summed E-state index contributed by atoms with van der Waals surface area (Å²) in [5.74, 6) is 1.50. The van der Waals surface area contributed by atoms with Crippen molar-refractivity contribution in [2.45, 2.75) is 12.8 Å². The van der Waals surface area contributed by atoms with Crippen molar-refractivity contribution in [2.75, 3.05) is 24.6 Å². The maximum atomic E-state index is 13.1. The Morgan fingerprint density at radius 1 is 1.24 bits per heavy atom. The first kappa shape index (κ1) is 13.8. The summed E-state index contributed by atoms with van der Waals surface area (Å²) < 4.78 is 18.8. The number of halogens is 1. The number of hydrogen-bond donors (Lipinski definition) is 0. The molecule has 3 rings (SSSR count). The standard InChI is InChI=1S/C16H18FN3O/c17-14-5-1-6-15(10-14)21-12-13-4-2-9-20(11-13)16-18-7-3-8-19-16/h1,3,5-8,10,13H,2,4,9,11-12H2. The smallest absolute Gasteiger partial charge is 0.225 e. The topological polar surface area (TPSA) is 38.2 Å². The molecule has 21 heavy (non-hydrogen) atoms. The van der Waals surface area contributed by atoms with Gasteiger partial charge in [0.2, 0.25) is 5.95 Å². The molecule has 4 nitrogen and oxygen atoms in total. The molecule has 0 radical (unpaired) electrons. The van der Waals surface area contributed by atoms with E-state index in [1.807, 2.05) is 6.07 Å². The minimum absolute atomic E-state index is 0.268. The lowest BCUT2D eigenvalue weighted by atomic mass is 9.99. The highest BCUT2D eigenvalue weighted by molar-refractivity contribution is 5.29. The highest BCUT2D eigenvalue weighted by Gasteiger charge is 2.22. The zero-order chi connectivity index (χ0) is 14.5. The van der Waals surface area contributed by atoms with Crippen LogP contribution >= 0.6 is 0 Å². The van der Waals surface area contributed by atoms with Crippen molar-refractivity contribution in [3.05, 3.63) is 48.5 Å². The van der Waals surface area contributed by atoms with Gasteiger partial charge in [0.25, 0.3) is 0 Å². The van der Waals surface area contributed by atoms with E-state index >= 15 is 0 Å². The molecular formula is C16H18FN3O. The van der Waals surface area contributed by atoms with Crippen LogP contribution in [0.15, 0.2) is 42.7 Å². The molecule has 1 aromatic heterocycles. The Morgan fingerprint density at radius 3 is 2.90 bits per heavy atom. The quantitative estimate of drug-likeness (QED) is 0.866. The van der Waals surface area contributed by atoms with Gasteiger partial charge in [0.1, 0.15) is 11.6 Å². The van der Waals surface area contributed by atoms with Crippen molar-refractivity contribution in [3.8, 4) is 5.75 Å². The Bertz CT molecular complexity index is 579. The molecule has 0 aliphatic carbocycles. The number of anilines is 1. The molecule has 2 heterocycles. The molecule has 0 N–H and O–H groups in total. The van der Waals surface area contributed by atoms with Gasteiger partial charge in [0.15, 0.2) is 0 Å². The molecule has 1 aliphatic rings. The minimum Gasteiger partial charge on any atom is -0.493 e. The van der Waals surface area contributed by atoms with Crippen molar-refractivity contribution in [2.24, 2.45) is 5.92 Å². The van der Waals surface area contributed by atoms with Gasteiger partial charge < -0.3 is 9.64 Å². The lowest BCUT2D eigenvalue weighted by molar-refractivity contribution is 0.227. The summed E-state index contributed by atoms with van der Waals surface area (Å²) in [6.07, 6.45) is 5.72. The van der Waals surface area contributed by atoms with E-state index in [1.54, 1.807) is 24.5 Å². The second-order valence-electron chi connectivity index (χ2n) is 5.27. The lowest BCUT2D eigenvalue weighted by Gasteiger charge is -2.32. The molecule has 1 aliphatic heterocycles. The van der Waals surface area contributed by atoms with E-state index in [2.05, 4.69) is 14.9 Å². The third-order valence-electron chi connectivity index (χ3n) is 3.64. The fraction of sp³-hybridized carbons (Fsp3) is 0.375. The summed E-state index contributed by atoms with van der Waals surface area (Å²) in [5, 5.41) is 0. The predicted octanol–water partition coefficient (Wildman–Crippen LogP) is 2.91. The van der Waals surface area contributed by atoms with Gasteiger partial charge in [-0.25, -0.2) is 14.4 Å². The third-order valence-corrected chi connectivity index (χ3v) is 3.64. The fourth-order valence-corrected chi connectivity index (χ4v) is 2.61. The lowest BCUT2D eigenvalue weighted by Crippen LogP contribution is -2.38. The van der Waals surface area contributed by atoms with Crippen LogP contribution in [0, 0.1) is 11.7 Å². The summed E-state index contributed by atoms with van der Waals surface area (Å²) >= 11 is 0. The highest BCUT2D eigenvalue weighted by Crippen LogP contribution is 2.21. The van der Waals surface area contributed by atoms with Gasteiger partial charge in [-0.05, 0) is 31.0 Å². The minimum atomic E-state index is -0.268. The Morgan fingerprint density at radius 2 is 2.10 bits per heavy atom. The number of nitrogens with zero attached hydrogens (tertiary/aromatic N) is 3. The van der Waals surface area contributed by atoms with Crippen LogP contribution in [0.1, 0.15) is 12.8 Å². The first-order chi connectivity index (χ1) is 10.3. The highest BCUT2D eigenvalue weighted by atomic mass is 19.1. The molecule has 1 aromatic carbocycles. The van der Waals surface area contributed by atoms with Gasteiger partial charge >= 0.3 is 0 Å². The first-order valence-corrected chi connectivity index (χ1v) is 7.21. The predicted molar refractivity (Wildman–Crippen MR) is 78.9 cm³/mol. The largest absolute Gasteiger partial charge is 0.493 e. The van der Waals surface area contributed by atoms with Crippen LogP contribution in [-0.4, -0.2) is 29.7 Å². The Balaban J connectivity index is 1.57. The molecule has 0 spiro atoms. The summed E-state index contributed by atoms with van der Waals surface area (Å²) in [7, 11) is 0. The number of rotatable bonds is 4. The van der Waals surface area contributed by atoms with Crippen LogP contribution in [0.3, 0.4) is 0 Å². The van der Waals surface area contributed by atoms with Crippen molar-refractivity contribution < 1.29 is 9.13 Å². The molecule has 0 amide bonds. The Labute approximate surface area is 123 Å². The molecule has 110 valence electrons. The monoisotopic (exact) mass is 287 g/mol. The summed E-state index contributed by atoms with van der Waals surface area (Å²) in [5.41, 5.74) is 0. The third kappa shape index (κ3) is 3.68. The summed E-state index contributed by atoms with van der Waals surface area (Å²) in [6.45, 7) is 2.44. The van der Waals surface area contributed by atoms with Crippen LogP contribution in [-0.2, 0) is 0 Å². The molecule has 1 fully saturated rings. The van der Waals surface area contributed by atoms with Crippen molar-refractivity contribution in [3.63, 3.8) is 0 Å². The van der Waals surface area contributed by atoms with Gasteiger partial charge in [-0.15, -0.1) is 0 Å². The Kier molecular flexibility index (Phi) is 4.28. The normalized spacial score (nSPS) is 18.5. The van der Waals surface area contributed by atoms with Crippen molar-refractivity contribution in [1.29, 1.82) is 0 Å². The van der Waals surface area contributed by atoms with E-state index in [0.29, 0.717) is 18.3 Å². The van der Waals surface area contributed by atoms with E-state index in [0.717, 1.165) is 31.9 Å². The van der Waals surface area contributed by atoms with Gasteiger partial charge in [-0.2, -0.15) is 0 Å². The molecular weight excluding hydrogens is 269 g/mol. The summed E-state index contributed by atoms with van der Waals surface area (Å²) in [4.78, 5) is 10.8. The van der Waals surface area contributed by atoms with Crippen LogP contribution in [0.2, 0.25) is 0 Å². The van der Waals surface area contributed by atoms with E-state index in [9.17, 15) is 4.39 Å². The average Bonchev–Trinajstić information content (AvgIpc) is 2.54. The molecule has 0 saturated carbocycles. The van der Waals surface area contributed by atoms with Gasteiger partial charge in [-0.3, -0.25) is 0 Å². The zero-order valence-corrected chi connectivity index (χ0v) is 11.8. The molecule has 1 atom stereocenters. The second-order valence-corrected chi connectivity index (χ2v) is 5.27. The van der Waals surface area contributed by atoms with E-state index in [4.69, 9.17) is 4.74 Å². The van der Waals surface area contributed by atoms with Crippen molar-refractivity contribution >= 4 is 5.95 Å². The van der Waals surface area contributed by atoms with E-state index < -0.39 is 0 Å². The number of piperidine rings is 1. The molecule has 5 heteroatoms. The molecule has 2 aromatic rings. The van der Waals surface area contributed by atoms with Crippen LogP contribution in [0.25, 0.3) is 0 Å². The first-order valence-electron chi connectivity index (χ1n) is 7.21. The van der Waals surface area contributed by atoms with E-state index in [-0.39, 0.29) is 5.82 Å². The average molecular weight is 287 g/mol. The number of aromatic nitrogens is 2. The second kappa shape index (κ2) is 6.52. The molecule has 1 unspecified atom stereocenters. The van der Waals surface area contributed by atoms with Crippen molar-refractivity contribution in [1.82, 2.24) is 9.97 Å². The summed E-state index contributed by atoms with van der Waals surface area (Å²) in [6, 6.07) is 8.10. The number of hydrogen-bond acceptors (Lipinski definition) is 4. The maximum absolute atomic E-state index is 13.1. The fourth-order valence-electron chi connectivity index (χ4n) is 2.61. The number of benzene rings is 1. The zero-order valence-electron chi connectivity index (χ0n) is 11.8. The van der Waals surface area contributed by atoms with Gasteiger partial charge in [0, 0.05) is 37.5 Å². The van der Waals surface area contributed by atoms with Crippen LogP contribution in [0.4, 0.5) is 10.3 Å². The van der Waals surface area contributed by atoms with Crippen LogP contribution < -0.4 is 9.64 Å². The Hall–Kier alpha value is -2.17. The van der Waals surface area contributed by atoms with Gasteiger partial charge in [0.05, 0.1) is 6.61 Å². The SMILES string of the molecule is Fc1cccc(OCC2CCCN(c3ncccn3)C2)c1. The number of ether oxygens (including phenoxy) is 1. The van der Waals surface area contributed by atoms with Crippen LogP contribution in [0.5, 0.6) is 5.75 Å². The van der Waals surface area contributed by atoms with E-state index in [1.165, 1.54) is 12.1 Å². The molecule has 1 saturated heterocycles. The van der Waals surface area contributed by atoms with Gasteiger partial charge in [-0.1, -0.05) is 6.07 Å². The maximum Gasteiger partial charge on any atom is 0.225 e.